The molecular weight excluding hydrogens is 554 g/mol. The fourth-order valence-corrected chi connectivity index (χ4v) is 4.56. The van der Waals surface area contributed by atoms with Gasteiger partial charge in [-0.05, 0) is 36.6 Å². The molecule has 2 amide bonds. The molecular formula is C32H39N3O8. The van der Waals surface area contributed by atoms with Crippen LogP contribution in [-0.2, 0) is 32.0 Å². The number of cyclic esters (lactones) is 1. The molecule has 0 aliphatic carbocycles. The number of nitrogens with zero attached hydrogens (tertiary/aromatic N) is 1. The Hall–Kier alpha value is -4.51. The van der Waals surface area contributed by atoms with Gasteiger partial charge in [0.2, 0.25) is 11.8 Å². The molecule has 3 rings (SSSR count). The highest BCUT2D eigenvalue weighted by Crippen LogP contribution is 2.20. The number of esters is 1. The van der Waals surface area contributed by atoms with Crippen LogP contribution >= 0.6 is 0 Å². The van der Waals surface area contributed by atoms with Crippen LogP contribution in [0.1, 0.15) is 56.1 Å². The summed E-state index contributed by atoms with van der Waals surface area (Å²) in [5, 5.41) is 25.3. The van der Waals surface area contributed by atoms with E-state index < -0.39 is 30.1 Å². The third-order valence-corrected chi connectivity index (χ3v) is 6.74. The molecule has 2 bridgehead atoms. The van der Waals surface area contributed by atoms with Crippen molar-refractivity contribution in [3.8, 4) is 5.75 Å². The van der Waals surface area contributed by atoms with Crippen LogP contribution in [0.15, 0.2) is 70.9 Å². The van der Waals surface area contributed by atoms with E-state index in [-0.39, 0.29) is 66.7 Å². The topological polar surface area (TPSA) is 168 Å². The predicted molar refractivity (Wildman–Crippen MR) is 158 cm³/mol. The van der Waals surface area contributed by atoms with E-state index in [0.717, 1.165) is 6.26 Å². The SMILES string of the molecule is CC1=C\[C@@H](O)CC(=O)Cc2nc(co2)C(=O)N[C@H](Cc2ccc(O)cc2)C(=O)O[C@H](C(C)C)[C@H](C)/C=C/C(=O)NC\C=C\1. The van der Waals surface area contributed by atoms with Gasteiger partial charge in [0.25, 0.3) is 5.91 Å². The molecule has 11 heteroatoms. The summed E-state index contributed by atoms with van der Waals surface area (Å²) in [6.07, 6.45) is 7.09. The van der Waals surface area contributed by atoms with Gasteiger partial charge in [-0.3, -0.25) is 14.4 Å². The number of Topliss-reactive ketones (excluding diaryl/α,β-unsaturated/α-hetero) is 1. The number of ketones is 1. The van der Waals surface area contributed by atoms with E-state index in [2.05, 4.69) is 15.6 Å². The molecule has 11 nitrogen and oxygen atoms in total. The largest absolute Gasteiger partial charge is 0.508 e. The molecule has 1 aromatic carbocycles. The molecule has 0 fully saturated rings. The number of hydrogen-bond donors (Lipinski definition) is 4. The summed E-state index contributed by atoms with van der Waals surface area (Å²) in [6, 6.07) is 5.07. The van der Waals surface area contributed by atoms with Gasteiger partial charge in [-0.2, -0.15) is 0 Å². The van der Waals surface area contributed by atoms with Crippen LogP contribution in [0.4, 0.5) is 0 Å². The fraction of sp³-hybridized carbons (Fsp3) is 0.406. The summed E-state index contributed by atoms with van der Waals surface area (Å²) in [6.45, 7) is 7.60. The number of nitrogens with one attached hydrogen (secondary N) is 2. The minimum absolute atomic E-state index is 0.00442. The summed E-state index contributed by atoms with van der Waals surface area (Å²) >= 11 is 0. The summed E-state index contributed by atoms with van der Waals surface area (Å²) in [4.78, 5) is 55.6. The number of oxazole rings is 1. The molecule has 0 radical (unpaired) electrons. The zero-order valence-electron chi connectivity index (χ0n) is 24.8. The van der Waals surface area contributed by atoms with Crippen molar-refractivity contribution >= 4 is 23.6 Å². The zero-order valence-corrected chi connectivity index (χ0v) is 24.8. The van der Waals surface area contributed by atoms with E-state index in [4.69, 9.17) is 9.15 Å². The summed E-state index contributed by atoms with van der Waals surface area (Å²) in [7, 11) is 0. The molecule has 0 saturated heterocycles. The van der Waals surface area contributed by atoms with Crippen molar-refractivity contribution in [2.75, 3.05) is 6.54 Å². The summed E-state index contributed by atoms with van der Waals surface area (Å²) in [5.41, 5.74) is 1.23. The van der Waals surface area contributed by atoms with Crippen LogP contribution in [0.5, 0.6) is 5.75 Å². The number of aromatic nitrogens is 1. The zero-order chi connectivity index (χ0) is 31.5. The number of ether oxygens (including phenoxy) is 1. The lowest BCUT2D eigenvalue weighted by molar-refractivity contribution is -0.155. The van der Waals surface area contributed by atoms with Crippen LogP contribution in [0.2, 0.25) is 0 Å². The highest BCUT2D eigenvalue weighted by atomic mass is 16.5. The Kier molecular flexibility index (Phi) is 12.0. The average molecular weight is 594 g/mol. The molecule has 4 atom stereocenters. The summed E-state index contributed by atoms with van der Waals surface area (Å²) in [5.74, 6) is -2.49. The Morgan fingerprint density at radius 2 is 1.81 bits per heavy atom. The maximum atomic E-state index is 13.5. The first kappa shape index (κ1) is 33.0. The van der Waals surface area contributed by atoms with Gasteiger partial charge < -0.3 is 30.0 Å². The van der Waals surface area contributed by atoms with Crippen LogP contribution < -0.4 is 10.6 Å². The van der Waals surface area contributed by atoms with Crippen molar-refractivity contribution in [2.45, 2.75) is 65.2 Å². The van der Waals surface area contributed by atoms with E-state index in [9.17, 15) is 29.4 Å². The highest BCUT2D eigenvalue weighted by Gasteiger charge is 2.30. The van der Waals surface area contributed by atoms with Crippen LogP contribution in [0.25, 0.3) is 0 Å². The molecule has 2 heterocycles. The number of amides is 2. The predicted octanol–water partition coefficient (Wildman–Crippen LogP) is 2.98. The number of aromatic hydroxyl groups is 1. The quantitative estimate of drug-likeness (QED) is 0.391. The minimum atomic E-state index is -1.13. The molecule has 0 saturated carbocycles. The third kappa shape index (κ3) is 10.7. The second kappa shape index (κ2) is 15.6. The molecule has 230 valence electrons. The number of hydrogen-bond acceptors (Lipinski definition) is 9. The molecule has 2 aromatic rings. The Labute approximate surface area is 250 Å². The molecule has 1 aliphatic rings. The first-order valence-corrected chi connectivity index (χ1v) is 14.2. The number of carbonyl (C=O) groups excluding carboxylic acids is 4. The van der Waals surface area contributed by atoms with E-state index in [1.807, 2.05) is 20.8 Å². The molecule has 1 aliphatic heterocycles. The van der Waals surface area contributed by atoms with Crippen LogP contribution in [0, 0.1) is 11.8 Å². The Morgan fingerprint density at radius 3 is 2.51 bits per heavy atom. The van der Waals surface area contributed by atoms with E-state index in [1.165, 1.54) is 24.3 Å². The van der Waals surface area contributed by atoms with Gasteiger partial charge in [-0.15, -0.1) is 0 Å². The smallest absolute Gasteiger partial charge is 0.329 e. The number of phenolic OH excluding ortho intramolecular Hbond substituents is 1. The molecule has 43 heavy (non-hydrogen) atoms. The monoisotopic (exact) mass is 593 g/mol. The van der Waals surface area contributed by atoms with Gasteiger partial charge in [0.1, 0.15) is 29.9 Å². The van der Waals surface area contributed by atoms with Crippen LogP contribution in [-0.4, -0.2) is 63.6 Å². The van der Waals surface area contributed by atoms with Gasteiger partial charge in [0, 0.05) is 25.3 Å². The lowest BCUT2D eigenvalue weighted by atomic mass is 9.94. The number of aliphatic hydroxyl groups is 1. The van der Waals surface area contributed by atoms with Gasteiger partial charge in [0.05, 0.1) is 12.5 Å². The minimum Gasteiger partial charge on any atom is -0.508 e. The first-order valence-electron chi connectivity index (χ1n) is 14.2. The van der Waals surface area contributed by atoms with E-state index >= 15 is 0 Å². The molecule has 0 unspecified atom stereocenters. The van der Waals surface area contributed by atoms with Gasteiger partial charge in [0.15, 0.2) is 5.69 Å². The third-order valence-electron chi connectivity index (χ3n) is 6.74. The van der Waals surface area contributed by atoms with Crippen molar-refractivity contribution in [3.05, 3.63) is 83.6 Å². The van der Waals surface area contributed by atoms with Crippen molar-refractivity contribution in [2.24, 2.45) is 11.8 Å². The Bertz CT molecular complexity index is 1370. The number of benzene rings is 1. The molecule has 4 N–H and O–H groups in total. The standard InChI is InChI=1S/C32H39N3O8/c1-19(2)30-21(4)7-12-28(39)33-13-5-6-20(3)14-24(37)16-25(38)17-29-34-27(18-42-29)31(40)35-26(32(41)43-30)15-22-8-10-23(36)11-9-22/h5-12,14,18-19,21,24,26,30,36-37H,13,15-17H2,1-4H3,(H,33,39)(H,35,40)/b6-5+,12-7+,20-14+/t21-,24-,26-,30-/m1/s1. The Morgan fingerprint density at radius 1 is 1.09 bits per heavy atom. The van der Waals surface area contributed by atoms with E-state index in [0.29, 0.717) is 11.1 Å². The fourth-order valence-electron chi connectivity index (χ4n) is 4.56. The van der Waals surface area contributed by atoms with Gasteiger partial charge in [-0.1, -0.05) is 62.8 Å². The van der Waals surface area contributed by atoms with Crippen molar-refractivity contribution in [1.29, 1.82) is 0 Å². The first-order chi connectivity index (χ1) is 20.4. The highest BCUT2D eigenvalue weighted by molar-refractivity contribution is 5.95. The average Bonchev–Trinajstić information content (AvgIpc) is 3.41. The lowest BCUT2D eigenvalue weighted by Crippen LogP contribution is -2.46. The number of allylic oxidation sites excluding steroid dienone is 2. The normalized spacial score (nSPS) is 26.0. The number of fused-ring (bicyclic) bond motifs is 2. The summed E-state index contributed by atoms with van der Waals surface area (Å²) < 4.78 is 11.2. The number of carbonyl (C=O) groups is 4. The second-order valence-corrected chi connectivity index (χ2v) is 10.9. The number of phenols is 1. The van der Waals surface area contributed by atoms with Crippen LogP contribution in [0.3, 0.4) is 0 Å². The maximum Gasteiger partial charge on any atom is 0.329 e. The van der Waals surface area contributed by atoms with E-state index in [1.54, 1.807) is 37.3 Å². The Balaban J connectivity index is 1.91. The van der Waals surface area contributed by atoms with Crippen molar-refractivity contribution in [3.63, 3.8) is 0 Å². The van der Waals surface area contributed by atoms with Crippen molar-refractivity contribution < 1.29 is 38.5 Å². The number of aliphatic hydroxyl groups excluding tert-OH is 1. The maximum absolute atomic E-state index is 13.5. The van der Waals surface area contributed by atoms with Crippen molar-refractivity contribution in [1.82, 2.24) is 15.6 Å². The van der Waals surface area contributed by atoms with Gasteiger partial charge >= 0.3 is 5.97 Å². The molecule has 1 aromatic heterocycles. The second-order valence-electron chi connectivity index (χ2n) is 10.9. The number of rotatable bonds is 3. The van der Waals surface area contributed by atoms with Gasteiger partial charge in [-0.25, -0.2) is 9.78 Å². The molecule has 0 spiro atoms. The lowest BCUT2D eigenvalue weighted by Gasteiger charge is -2.28.